The summed E-state index contributed by atoms with van der Waals surface area (Å²) in [4.78, 5) is 27.2. The second-order valence-electron chi connectivity index (χ2n) is 6.28. The van der Waals surface area contributed by atoms with E-state index < -0.39 is 23.3 Å². The van der Waals surface area contributed by atoms with Crippen LogP contribution in [-0.4, -0.2) is 15.6 Å². The third-order valence-corrected chi connectivity index (χ3v) is 4.79. The average Bonchev–Trinajstić information content (AvgIpc) is 2.71. The molecule has 1 aromatic heterocycles. The number of carbonyl (C=O) groups excluding carboxylic acids is 1. The van der Waals surface area contributed by atoms with Crippen LogP contribution in [0.4, 0.5) is 13.6 Å². The fourth-order valence-corrected chi connectivity index (χ4v) is 3.10. The number of hydrogen-bond acceptors (Lipinski definition) is 5. The lowest BCUT2D eigenvalue weighted by Crippen LogP contribution is -2.35. The standard InChI is InChI=1S/C20H16BrF2N3O4/c21-17-18(30-10-14-4-5-15(22)7-16(14)23)25-11-26(19(17)27)9-13-3-1-2-12(6-13)8-24-20(28)29/h1-7,11,24H,8-10H2,(H,28,29)/p-1. The summed E-state index contributed by atoms with van der Waals surface area (Å²) in [6.45, 7) is 0.0465. The molecule has 0 aliphatic carbocycles. The van der Waals surface area contributed by atoms with Gasteiger partial charge in [0.25, 0.3) is 5.56 Å². The number of carboxylic acid groups (broad SMARTS) is 1. The molecule has 0 spiro atoms. The fourth-order valence-electron chi connectivity index (χ4n) is 2.66. The zero-order valence-corrected chi connectivity index (χ0v) is 17.0. The van der Waals surface area contributed by atoms with Crippen LogP contribution in [0.1, 0.15) is 16.7 Å². The first-order valence-electron chi connectivity index (χ1n) is 8.68. The van der Waals surface area contributed by atoms with E-state index in [0.717, 1.165) is 17.7 Å². The lowest BCUT2D eigenvalue weighted by Gasteiger charge is -2.12. The summed E-state index contributed by atoms with van der Waals surface area (Å²) in [5, 5.41) is 12.7. The van der Waals surface area contributed by atoms with Crippen molar-refractivity contribution in [3.05, 3.63) is 91.9 Å². The Kier molecular flexibility index (Phi) is 6.78. The molecule has 0 aliphatic rings. The molecule has 1 N–H and O–H groups in total. The van der Waals surface area contributed by atoms with Crippen molar-refractivity contribution in [1.82, 2.24) is 14.9 Å². The first kappa shape index (κ1) is 21.4. The highest BCUT2D eigenvalue weighted by Gasteiger charge is 2.13. The number of ether oxygens (including phenoxy) is 1. The molecular formula is C20H15BrF2N3O4-. The molecule has 10 heteroatoms. The number of hydrogen-bond donors (Lipinski definition) is 1. The maximum atomic E-state index is 13.7. The van der Waals surface area contributed by atoms with Gasteiger partial charge in [0.05, 0.1) is 6.54 Å². The summed E-state index contributed by atoms with van der Waals surface area (Å²) in [5.41, 5.74) is 1.16. The van der Waals surface area contributed by atoms with Gasteiger partial charge in [0.2, 0.25) is 5.88 Å². The number of carbonyl (C=O) groups is 1. The van der Waals surface area contributed by atoms with Gasteiger partial charge in [-0.05, 0) is 39.2 Å². The smallest absolute Gasteiger partial charge is 0.271 e. The van der Waals surface area contributed by atoms with Crippen molar-refractivity contribution >= 4 is 22.0 Å². The molecule has 3 aromatic rings. The van der Waals surface area contributed by atoms with Crippen LogP contribution in [0, 0.1) is 11.6 Å². The van der Waals surface area contributed by atoms with Crippen molar-refractivity contribution in [2.75, 3.05) is 0 Å². The number of rotatable bonds is 7. The monoisotopic (exact) mass is 478 g/mol. The Labute approximate surface area is 178 Å². The molecule has 7 nitrogen and oxygen atoms in total. The van der Waals surface area contributed by atoms with E-state index in [-0.39, 0.29) is 35.6 Å². The summed E-state index contributed by atoms with van der Waals surface area (Å²) in [7, 11) is 0. The van der Waals surface area contributed by atoms with Gasteiger partial charge in [-0.15, -0.1) is 0 Å². The SMILES string of the molecule is O=C([O-])NCc1cccc(Cn2cnc(OCc3ccc(F)cc3F)c(Br)c2=O)c1. The molecule has 1 amide bonds. The predicted octanol–water partition coefficient (Wildman–Crippen LogP) is 2.34. The van der Waals surface area contributed by atoms with Gasteiger partial charge in [-0.2, -0.15) is 0 Å². The summed E-state index contributed by atoms with van der Waals surface area (Å²) in [5.74, 6) is -1.47. The van der Waals surface area contributed by atoms with Crippen LogP contribution in [0.2, 0.25) is 0 Å². The number of amides is 1. The molecule has 1 heterocycles. The van der Waals surface area contributed by atoms with Crippen molar-refractivity contribution in [3.63, 3.8) is 0 Å². The highest BCUT2D eigenvalue weighted by atomic mass is 79.9. The highest BCUT2D eigenvalue weighted by Crippen LogP contribution is 2.20. The minimum atomic E-state index is -1.37. The first-order chi connectivity index (χ1) is 14.3. The summed E-state index contributed by atoms with van der Waals surface area (Å²) in [6.07, 6.45) is -0.0870. The van der Waals surface area contributed by atoms with Crippen LogP contribution in [0.15, 0.2) is 58.1 Å². The molecular weight excluding hydrogens is 464 g/mol. The van der Waals surface area contributed by atoms with Crippen LogP contribution in [0.5, 0.6) is 5.88 Å². The molecule has 156 valence electrons. The number of halogens is 3. The normalized spacial score (nSPS) is 10.6. The van der Waals surface area contributed by atoms with E-state index in [1.807, 2.05) is 0 Å². The Morgan fingerprint density at radius 2 is 1.97 bits per heavy atom. The molecule has 0 aliphatic heterocycles. The number of benzene rings is 2. The molecule has 0 bridgehead atoms. The van der Waals surface area contributed by atoms with Crippen LogP contribution >= 0.6 is 15.9 Å². The Bertz CT molecular complexity index is 1140. The Hall–Kier alpha value is -3.27. The van der Waals surface area contributed by atoms with E-state index in [0.29, 0.717) is 5.56 Å². The third-order valence-electron chi connectivity index (χ3n) is 4.11. The van der Waals surface area contributed by atoms with Crippen molar-refractivity contribution in [2.45, 2.75) is 19.7 Å². The predicted molar refractivity (Wildman–Crippen MR) is 105 cm³/mol. The lowest BCUT2D eigenvalue weighted by atomic mass is 10.1. The maximum Gasteiger partial charge on any atom is 0.271 e. The number of nitrogens with zero attached hydrogens (tertiary/aromatic N) is 2. The van der Waals surface area contributed by atoms with Crippen LogP contribution < -0.4 is 20.7 Å². The molecule has 0 atom stereocenters. The first-order valence-corrected chi connectivity index (χ1v) is 9.47. The fraction of sp³-hybridized carbons (Fsp3) is 0.150. The summed E-state index contributed by atoms with van der Waals surface area (Å²) in [6, 6.07) is 10.1. The van der Waals surface area contributed by atoms with Crippen molar-refractivity contribution in [2.24, 2.45) is 0 Å². The van der Waals surface area contributed by atoms with Crippen molar-refractivity contribution < 1.29 is 23.4 Å². The van der Waals surface area contributed by atoms with Gasteiger partial charge in [0.15, 0.2) is 0 Å². The quantitative estimate of drug-likeness (QED) is 0.562. The molecule has 30 heavy (non-hydrogen) atoms. The van der Waals surface area contributed by atoms with Gasteiger partial charge in [0, 0.05) is 18.2 Å². The minimum Gasteiger partial charge on any atom is -0.530 e. The Morgan fingerprint density at radius 3 is 2.70 bits per heavy atom. The van der Waals surface area contributed by atoms with Crippen molar-refractivity contribution in [1.29, 1.82) is 0 Å². The van der Waals surface area contributed by atoms with E-state index >= 15 is 0 Å². The largest absolute Gasteiger partial charge is 0.530 e. The number of nitrogens with one attached hydrogen (secondary N) is 1. The van der Waals surface area contributed by atoms with Gasteiger partial charge in [-0.3, -0.25) is 9.36 Å². The van der Waals surface area contributed by atoms with Crippen LogP contribution in [0.3, 0.4) is 0 Å². The van der Waals surface area contributed by atoms with Gasteiger partial charge < -0.3 is 20.0 Å². The molecule has 3 rings (SSSR count). The van der Waals surface area contributed by atoms with Gasteiger partial charge in [-0.1, -0.05) is 24.3 Å². The molecule has 0 radical (unpaired) electrons. The highest BCUT2D eigenvalue weighted by molar-refractivity contribution is 9.10. The molecule has 0 fully saturated rings. The molecule has 2 aromatic carbocycles. The topological polar surface area (TPSA) is 96.3 Å². The average molecular weight is 479 g/mol. The third kappa shape index (κ3) is 5.41. The zero-order valence-electron chi connectivity index (χ0n) is 15.4. The van der Waals surface area contributed by atoms with Gasteiger partial charge >= 0.3 is 0 Å². The minimum absolute atomic E-state index is 0.0214. The van der Waals surface area contributed by atoms with Crippen LogP contribution in [-0.2, 0) is 19.7 Å². The maximum absolute atomic E-state index is 13.7. The molecule has 0 unspecified atom stereocenters. The van der Waals surface area contributed by atoms with Gasteiger partial charge in [-0.25, -0.2) is 13.8 Å². The Balaban J connectivity index is 1.72. The van der Waals surface area contributed by atoms with Crippen LogP contribution in [0.25, 0.3) is 0 Å². The summed E-state index contributed by atoms with van der Waals surface area (Å²) >= 11 is 3.15. The Morgan fingerprint density at radius 1 is 1.20 bits per heavy atom. The van der Waals surface area contributed by atoms with Crippen molar-refractivity contribution in [3.8, 4) is 5.88 Å². The zero-order chi connectivity index (χ0) is 21.7. The van der Waals surface area contributed by atoms with E-state index in [9.17, 15) is 23.5 Å². The lowest BCUT2D eigenvalue weighted by molar-refractivity contribution is -0.251. The molecule has 0 saturated heterocycles. The second-order valence-corrected chi connectivity index (χ2v) is 7.08. The molecule has 0 saturated carbocycles. The van der Waals surface area contributed by atoms with Gasteiger partial charge in [0.1, 0.15) is 35.1 Å². The van der Waals surface area contributed by atoms with E-state index in [2.05, 4.69) is 26.2 Å². The summed E-state index contributed by atoms with van der Waals surface area (Å²) < 4.78 is 33.5. The second kappa shape index (κ2) is 9.49. The number of aromatic nitrogens is 2. The van der Waals surface area contributed by atoms with E-state index in [1.54, 1.807) is 24.3 Å². The van der Waals surface area contributed by atoms with E-state index in [4.69, 9.17) is 4.74 Å². The van der Waals surface area contributed by atoms with E-state index in [1.165, 1.54) is 17.0 Å².